The number of carbonyl (C=O) groups is 1. The number of nitrogens with one attached hydrogen (secondary N) is 1. The number of benzene rings is 1. The maximum atomic E-state index is 11.1. The van der Waals surface area contributed by atoms with E-state index in [1.165, 1.54) is 0 Å². The van der Waals surface area contributed by atoms with E-state index in [1.807, 2.05) is 24.3 Å². The second-order valence-electron chi connectivity index (χ2n) is 3.46. The van der Waals surface area contributed by atoms with Gasteiger partial charge in [0.1, 0.15) is 0 Å². The van der Waals surface area contributed by atoms with E-state index in [-0.39, 0.29) is 5.91 Å². The van der Waals surface area contributed by atoms with Crippen molar-refractivity contribution in [3.05, 3.63) is 34.9 Å². The van der Waals surface area contributed by atoms with E-state index in [2.05, 4.69) is 5.32 Å². The minimum Gasteiger partial charge on any atom is -0.354 e. The quantitative estimate of drug-likeness (QED) is 0.814. The zero-order valence-corrected chi connectivity index (χ0v) is 9.42. The number of carbonyl (C=O) groups excluding carboxylic acids is 1. The van der Waals surface area contributed by atoms with Gasteiger partial charge in [0.25, 0.3) is 0 Å². The Labute approximate surface area is 94.6 Å². The van der Waals surface area contributed by atoms with Gasteiger partial charge < -0.3 is 11.1 Å². The first-order valence-electron chi connectivity index (χ1n) is 4.87. The highest BCUT2D eigenvalue weighted by atomic mass is 35.5. The van der Waals surface area contributed by atoms with E-state index in [0.717, 1.165) is 17.0 Å². The molecule has 3 nitrogen and oxygen atoms in total. The molecule has 82 valence electrons. The van der Waals surface area contributed by atoms with Crippen LogP contribution in [-0.4, -0.2) is 18.5 Å². The average Bonchev–Trinajstić information content (AvgIpc) is 2.20. The van der Waals surface area contributed by atoms with Crippen LogP contribution in [0.5, 0.6) is 0 Å². The molecular formula is C11H15ClN2O. The second kappa shape index (κ2) is 5.73. The highest BCUT2D eigenvalue weighted by Gasteiger charge is 2.05. The van der Waals surface area contributed by atoms with Crippen LogP contribution in [-0.2, 0) is 11.2 Å². The van der Waals surface area contributed by atoms with Crippen LogP contribution in [0.4, 0.5) is 0 Å². The van der Waals surface area contributed by atoms with Crippen LogP contribution in [0.25, 0.3) is 0 Å². The van der Waals surface area contributed by atoms with E-state index in [1.54, 1.807) is 6.92 Å². The number of amides is 1. The highest BCUT2D eigenvalue weighted by Crippen LogP contribution is 2.09. The summed E-state index contributed by atoms with van der Waals surface area (Å²) in [5.74, 6) is -0.121. The molecule has 0 aliphatic rings. The third-order valence-electron chi connectivity index (χ3n) is 2.04. The Morgan fingerprint density at radius 1 is 1.47 bits per heavy atom. The smallest absolute Gasteiger partial charge is 0.236 e. The second-order valence-corrected chi connectivity index (χ2v) is 3.89. The lowest BCUT2D eigenvalue weighted by atomic mass is 10.1. The minimum absolute atomic E-state index is 0.121. The van der Waals surface area contributed by atoms with Crippen molar-refractivity contribution in [2.45, 2.75) is 19.4 Å². The van der Waals surface area contributed by atoms with Crippen molar-refractivity contribution < 1.29 is 4.79 Å². The Bertz CT molecular complexity index is 322. The molecular weight excluding hydrogens is 212 g/mol. The SMILES string of the molecule is C[C@@H](N)C(=O)NCCc1ccc(Cl)cc1. The zero-order valence-electron chi connectivity index (χ0n) is 8.66. The van der Waals surface area contributed by atoms with Crippen LogP contribution < -0.4 is 11.1 Å². The van der Waals surface area contributed by atoms with Gasteiger partial charge in [-0.15, -0.1) is 0 Å². The summed E-state index contributed by atoms with van der Waals surface area (Å²) in [6.07, 6.45) is 0.787. The molecule has 0 bridgehead atoms. The maximum Gasteiger partial charge on any atom is 0.236 e. The van der Waals surface area contributed by atoms with E-state index in [4.69, 9.17) is 17.3 Å². The Balaban J connectivity index is 2.32. The highest BCUT2D eigenvalue weighted by molar-refractivity contribution is 6.30. The maximum absolute atomic E-state index is 11.1. The molecule has 0 unspecified atom stereocenters. The van der Waals surface area contributed by atoms with Crippen molar-refractivity contribution in [3.8, 4) is 0 Å². The fraction of sp³-hybridized carbons (Fsp3) is 0.364. The van der Waals surface area contributed by atoms with Crippen molar-refractivity contribution in [2.75, 3.05) is 6.54 Å². The molecule has 15 heavy (non-hydrogen) atoms. The van der Waals surface area contributed by atoms with Gasteiger partial charge in [0.2, 0.25) is 5.91 Å². The lowest BCUT2D eigenvalue weighted by molar-refractivity contribution is -0.121. The zero-order chi connectivity index (χ0) is 11.3. The fourth-order valence-electron chi connectivity index (χ4n) is 1.14. The molecule has 0 aromatic heterocycles. The average molecular weight is 227 g/mol. The van der Waals surface area contributed by atoms with Crippen LogP contribution in [0.3, 0.4) is 0 Å². The van der Waals surface area contributed by atoms with E-state index >= 15 is 0 Å². The molecule has 4 heteroatoms. The molecule has 0 aliphatic heterocycles. The van der Waals surface area contributed by atoms with Crippen molar-refractivity contribution in [3.63, 3.8) is 0 Å². The van der Waals surface area contributed by atoms with Gasteiger partial charge in [0.05, 0.1) is 6.04 Å². The number of hydrogen-bond acceptors (Lipinski definition) is 2. The molecule has 1 amide bonds. The fourth-order valence-corrected chi connectivity index (χ4v) is 1.27. The van der Waals surface area contributed by atoms with Crippen molar-refractivity contribution in [1.29, 1.82) is 0 Å². The Kier molecular flexibility index (Phi) is 4.59. The van der Waals surface area contributed by atoms with E-state index in [0.29, 0.717) is 6.54 Å². The van der Waals surface area contributed by atoms with Gasteiger partial charge >= 0.3 is 0 Å². The number of nitrogens with two attached hydrogens (primary N) is 1. The summed E-state index contributed by atoms with van der Waals surface area (Å²) in [7, 11) is 0. The molecule has 3 N–H and O–H groups in total. The normalized spacial score (nSPS) is 12.2. The summed E-state index contributed by atoms with van der Waals surface area (Å²) in [5.41, 5.74) is 6.55. The van der Waals surface area contributed by atoms with Gasteiger partial charge in [-0.2, -0.15) is 0 Å². The summed E-state index contributed by atoms with van der Waals surface area (Å²) < 4.78 is 0. The van der Waals surface area contributed by atoms with Crippen molar-refractivity contribution >= 4 is 17.5 Å². The van der Waals surface area contributed by atoms with Crippen LogP contribution in [0.1, 0.15) is 12.5 Å². The third-order valence-corrected chi connectivity index (χ3v) is 2.29. The summed E-state index contributed by atoms with van der Waals surface area (Å²) >= 11 is 5.75. The lowest BCUT2D eigenvalue weighted by Crippen LogP contribution is -2.39. The molecule has 0 spiro atoms. The number of hydrogen-bond donors (Lipinski definition) is 2. The minimum atomic E-state index is -0.449. The molecule has 1 aromatic rings. The molecule has 0 aliphatic carbocycles. The van der Waals surface area contributed by atoms with Gasteiger partial charge in [-0.25, -0.2) is 0 Å². The molecule has 0 saturated heterocycles. The number of rotatable bonds is 4. The third kappa shape index (κ3) is 4.32. The molecule has 0 fully saturated rings. The molecule has 1 rings (SSSR count). The van der Waals surface area contributed by atoms with Gasteiger partial charge in [0, 0.05) is 11.6 Å². The standard InChI is InChI=1S/C11H15ClN2O/c1-8(13)11(15)14-7-6-9-2-4-10(12)5-3-9/h2-5,8H,6-7,13H2,1H3,(H,14,15)/t8-/m1/s1. The summed E-state index contributed by atoms with van der Waals surface area (Å²) in [6, 6.07) is 7.12. The van der Waals surface area contributed by atoms with Gasteiger partial charge in [-0.05, 0) is 31.0 Å². The van der Waals surface area contributed by atoms with Crippen molar-refractivity contribution in [2.24, 2.45) is 5.73 Å². The summed E-state index contributed by atoms with van der Waals surface area (Å²) in [4.78, 5) is 11.1. The largest absolute Gasteiger partial charge is 0.354 e. The van der Waals surface area contributed by atoms with Gasteiger partial charge in [-0.1, -0.05) is 23.7 Å². The van der Waals surface area contributed by atoms with E-state index < -0.39 is 6.04 Å². The molecule has 1 aromatic carbocycles. The molecule has 1 atom stereocenters. The topological polar surface area (TPSA) is 55.1 Å². The Morgan fingerprint density at radius 3 is 2.60 bits per heavy atom. The first-order valence-corrected chi connectivity index (χ1v) is 5.25. The first kappa shape index (κ1) is 12.0. The van der Waals surface area contributed by atoms with E-state index in [9.17, 15) is 4.79 Å². The summed E-state index contributed by atoms with van der Waals surface area (Å²) in [5, 5.41) is 3.47. The van der Waals surface area contributed by atoms with Crippen molar-refractivity contribution in [1.82, 2.24) is 5.32 Å². The van der Waals surface area contributed by atoms with Crippen LogP contribution in [0.15, 0.2) is 24.3 Å². The van der Waals surface area contributed by atoms with Gasteiger partial charge in [-0.3, -0.25) is 4.79 Å². The molecule has 0 saturated carbocycles. The first-order chi connectivity index (χ1) is 7.09. The van der Waals surface area contributed by atoms with Crippen LogP contribution >= 0.6 is 11.6 Å². The summed E-state index contributed by atoms with van der Waals surface area (Å²) in [6.45, 7) is 2.26. The van der Waals surface area contributed by atoms with Crippen LogP contribution in [0, 0.1) is 0 Å². The Morgan fingerprint density at radius 2 is 2.07 bits per heavy atom. The van der Waals surface area contributed by atoms with Gasteiger partial charge in [0.15, 0.2) is 0 Å². The predicted molar refractivity (Wildman–Crippen MR) is 61.8 cm³/mol. The Hall–Kier alpha value is -1.06. The lowest BCUT2D eigenvalue weighted by Gasteiger charge is -2.07. The molecule has 0 heterocycles. The van der Waals surface area contributed by atoms with Crippen LogP contribution in [0.2, 0.25) is 5.02 Å². The predicted octanol–water partition coefficient (Wildman–Crippen LogP) is 1.35. The molecule has 0 radical (unpaired) electrons. The monoisotopic (exact) mass is 226 g/mol. The number of halogens is 1.